The minimum absolute atomic E-state index is 0.787. The molecule has 0 heteroatoms. The van der Waals surface area contributed by atoms with Crippen molar-refractivity contribution in [1.29, 1.82) is 0 Å². The van der Waals surface area contributed by atoms with E-state index in [0.717, 1.165) is 23.7 Å². The molecule has 2 aliphatic carbocycles. The highest BCUT2D eigenvalue weighted by atomic mass is 14.5. The number of hydrogen-bond donors (Lipinski definition) is 0. The lowest BCUT2D eigenvalue weighted by atomic mass is 9.82. The van der Waals surface area contributed by atoms with Gasteiger partial charge in [0.2, 0.25) is 0 Å². The second-order valence-electron chi connectivity index (χ2n) is 3.83. The third-order valence-corrected chi connectivity index (χ3v) is 3.43. The molecule has 0 saturated heterocycles. The zero-order valence-electron chi connectivity index (χ0n) is 7.16. The summed E-state index contributed by atoms with van der Waals surface area (Å²) in [5.41, 5.74) is 0. The molecule has 11 heavy (non-hydrogen) atoms. The first-order valence-corrected chi connectivity index (χ1v) is 4.67. The Bertz CT molecular complexity index is 190. The fourth-order valence-electron chi connectivity index (χ4n) is 2.89. The van der Waals surface area contributed by atoms with Gasteiger partial charge in [-0.2, -0.15) is 0 Å². The quantitative estimate of drug-likeness (QED) is 0.528. The van der Waals surface area contributed by atoms with Gasteiger partial charge in [0.05, 0.1) is 0 Å². The zero-order valence-corrected chi connectivity index (χ0v) is 7.16. The zero-order chi connectivity index (χ0) is 7.84. The summed E-state index contributed by atoms with van der Waals surface area (Å²) in [6.45, 7) is 6.23. The van der Waals surface area contributed by atoms with E-state index in [1.165, 1.54) is 12.8 Å². The van der Waals surface area contributed by atoms with Crippen molar-refractivity contribution in [2.45, 2.75) is 19.8 Å². The Kier molecular flexibility index (Phi) is 1.63. The van der Waals surface area contributed by atoms with Gasteiger partial charge >= 0.3 is 0 Å². The summed E-state index contributed by atoms with van der Waals surface area (Å²) < 4.78 is 0. The van der Waals surface area contributed by atoms with Gasteiger partial charge in [-0.1, -0.05) is 31.6 Å². The maximum Gasteiger partial charge on any atom is -0.0139 e. The molecule has 0 N–H and O–H groups in total. The number of fused-ring (bicyclic) bond motifs is 2. The highest BCUT2D eigenvalue weighted by Gasteiger charge is 2.41. The molecule has 0 spiro atoms. The molecule has 0 aliphatic heterocycles. The fourth-order valence-corrected chi connectivity index (χ4v) is 2.89. The average molecular weight is 148 g/mol. The van der Waals surface area contributed by atoms with Gasteiger partial charge < -0.3 is 0 Å². The lowest BCUT2D eigenvalue weighted by molar-refractivity contribution is 0.358. The lowest BCUT2D eigenvalue weighted by Crippen LogP contribution is -2.16. The normalized spacial score (nSPS) is 46.6. The van der Waals surface area contributed by atoms with Gasteiger partial charge in [-0.25, -0.2) is 0 Å². The first kappa shape index (κ1) is 7.15. The third kappa shape index (κ3) is 0.885. The van der Waals surface area contributed by atoms with Crippen molar-refractivity contribution in [3.8, 4) is 0 Å². The standard InChI is InChI=1S/C11H16/c1-3-10-8-5-6-9(7-8)11(10)4-2/h3,5-6,8-11H,1,4,7H2,2H3. The SMILES string of the molecule is C=CC1C2C=CC(C2)C1CC. The van der Waals surface area contributed by atoms with Gasteiger partial charge in [-0.3, -0.25) is 0 Å². The molecule has 0 heterocycles. The Morgan fingerprint density at radius 3 is 2.73 bits per heavy atom. The topological polar surface area (TPSA) is 0 Å². The molecular formula is C11H16. The Morgan fingerprint density at radius 2 is 2.18 bits per heavy atom. The van der Waals surface area contributed by atoms with Crippen LogP contribution in [0.2, 0.25) is 0 Å². The molecule has 0 aromatic rings. The molecule has 2 bridgehead atoms. The van der Waals surface area contributed by atoms with Crippen LogP contribution in [-0.2, 0) is 0 Å². The summed E-state index contributed by atoms with van der Waals surface area (Å²) in [5.74, 6) is 3.41. The smallest absolute Gasteiger partial charge is 0.0139 e. The highest BCUT2D eigenvalue weighted by Crippen LogP contribution is 2.49. The minimum Gasteiger partial charge on any atom is -0.103 e. The maximum absolute atomic E-state index is 3.93. The largest absolute Gasteiger partial charge is 0.103 e. The van der Waals surface area contributed by atoms with Crippen molar-refractivity contribution in [1.82, 2.24) is 0 Å². The molecule has 0 aromatic heterocycles. The predicted octanol–water partition coefficient (Wildman–Crippen LogP) is 3.02. The van der Waals surface area contributed by atoms with Crippen molar-refractivity contribution in [3.05, 3.63) is 24.8 Å². The molecule has 1 fully saturated rings. The van der Waals surface area contributed by atoms with E-state index in [9.17, 15) is 0 Å². The second kappa shape index (κ2) is 2.51. The Balaban J connectivity index is 2.21. The van der Waals surface area contributed by atoms with Crippen LogP contribution < -0.4 is 0 Å². The number of hydrogen-bond acceptors (Lipinski definition) is 0. The van der Waals surface area contributed by atoms with E-state index in [0.29, 0.717) is 0 Å². The van der Waals surface area contributed by atoms with E-state index >= 15 is 0 Å². The minimum atomic E-state index is 0.787. The van der Waals surface area contributed by atoms with Crippen LogP contribution in [0.5, 0.6) is 0 Å². The molecule has 0 aromatic carbocycles. The van der Waals surface area contributed by atoms with E-state index in [1.54, 1.807) is 0 Å². The fraction of sp³-hybridized carbons (Fsp3) is 0.636. The summed E-state index contributed by atoms with van der Waals surface area (Å²) >= 11 is 0. The van der Waals surface area contributed by atoms with E-state index < -0.39 is 0 Å². The van der Waals surface area contributed by atoms with Crippen LogP contribution in [0.4, 0.5) is 0 Å². The van der Waals surface area contributed by atoms with E-state index in [4.69, 9.17) is 0 Å². The summed E-state index contributed by atoms with van der Waals surface area (Å²) in [6, 6.07) is 0. The van der Waals surface area contributed by atoms with Crippen molar-refractivity contribution in [2.75, 3.05) is 0 Å². The van der Waals surface area contributed by atoms with Gasteiger partial charge in [-0.15, -0.1) is 6.58 Å². The molecule has 60 valence electrons. The molecule has 4 atom stereocenters. The predicted molar refractivity (Wildman–Crippen MR) is 48.2 cm³/mol. The van der Waals surface area contributed by atoms with Crippen LogP contribution in [-0.4, -0.2) is 0 Å². The van der Waals surface area contributed by atoms with E-state index in [-0.39, 0.29) is 0 Å². The number of rotatable bonds is 2. The molecular weight excluding hydrogens is 132 g/mol. The summed E-state index contributed by atoms with van der Waals surface area (Å²) in [7, 11) is 0. The van der Waals surface area contributed by atoms with Crippen LogP contribution in [0.1, 0.15) is 19.8 Å². The highest BCUT2D eigenvalue weighted by molar-refractivity contribution is 5.16. The van der Waals surface area contributed by atoms with E-state index in [2.05, 4.69) is 31.7 Å². The van der Waals surface area contributed by atoms with Crippen molar-refractivity contribution in [2.24, 2.45) is 23.7 Å². The monoisotopic (exact) mass is 148 g/mol. The average Bonchev–Trinajstić information content (AvgIpc) is 2.60. The van der Waals surface area contributed by atoms with Crippen LogP contribution in [0.15, 0.2) is 24.8 Å². The third-order valence-electron chi connectivity index (χ3n) is 3.43. The van der Waals surface area contributed by atoms with Gasteiger partial charge in [0.15, 0.2) is 0 Å². The molecule has 1 saturated carbocycles. The molecule has 2 aliphatic rings. The lowest BCUT2D eigenvalue weighted by Gasteiger charge is -2.23. The van der Waals surface area contributed by atoms with Crippen molar-refractivity contribution >= 4 is 0 Å². The van der Waals surface area contributed by atoms with Gasteiger partial charge in [0.1, 0.15) is 0 Å². The van der Waals surface area contributed by atoms with Gasteiger partial charge in [0, 0.05) is 0 Å². The second-order valence-corrected chi connectivity index (χ2v) is 3.83. The maximum atomic E-state index is 3.93. The van der Waals surface area contributed by atoms with Crippen molar-refractivity contribution < 1.29 is 0 Å². The van der Waals surface area contributed by atoms with Crippen LogP contribution in [0.25, 0.3) is 0 Å². The Morgan fingerprint density at radius 1 is 1.45 bits per heavy atom. The molecule has 0 amide bonds. The van der Waals surface area contributed by atoms with Gasteiger partial charge in [0.25, 0.3) is 0 Å². The Labute approximate surface area is 69.0 Å². The summed E-state index contributed by atoms with van der Waals surface area (Å²) in [6.07, 6.45) is 9.70. The van der Waals surface area contributed by atoms with Gasteiger partial charge in [-0.05, 0) is 30.1 Å². The van der Waals surface area contributed by atoms with Crippen molar-refractivity contribution in [3.63, 3.8) is 0 Å². The van der Waals surface area contributed by atoms with Crippen LogP contribution in [0.3, 0.4) is 0 Å². The molecule has 0 nitrogen and oxygen atoms in total. The molecule has 0 radical (unpaired) electrons. The van der Waals surface area contributed by atoms with Crippen LogP contribution >= 0.6 is 0 Å². The van der Waals surface area contributed by atoms with Crippen LogP contribution in [0, 0.1) is 23.7 Å². The molecule has 2 rings (SSSR count). The number of allylic oxidation sites excluding steroid dienone is 3. The Hall–Kier alpha value is -0.520. The van der Waals surface area contributed by atoms with E-state index in [1.807, 2.05) is 0 Å². The summed E-state index contributed by atoms with van der Waals surface area (Å²) in [5, 5.41) is 0. The summed E-state index contributed by atoms with van der Waals surface area (Å²) in [4.78, 5) is 0. The molecule has 4 unspecified atom stereocenters. The first-order valence-electron chi connectivity index (χ1n) is 4.67. The first-order chi connectivity index (χ1) is 5.36.